The van der Waals surface area contributed by atoms with E-state index >= 15 is 0 Å². The number of nitrogens with two attached hydrogens (primary N) is 2. The first kappa shape index (κ1) is 25.7. The van der Waals surface area contributed by atoms with Crippen molar-refractivity contribution in [1.82, 2.24) is 4.90 Å². The van der Waals surface area contributed by atoms with Gasteiger partial charge in [-0.3, -0.25) is 10.5 Å². The van der Waals surface area contributed by atoms with E-state index in [-0.39, 0.29) is 29.5 Å². The number of halogens is 2. The summed E-state index contributed by atoms with van der Waals surface area (Å²) in [5, 5.41) is 17.4. The quantitative estimate of drug-likeness (QED) is 0.543. The van der Waals surface area contributed by atoms with Crippen molar-refractivity contribution in [3.05, 3.63) is 45.5 Å². The van der Waals surface area contributed by atoms with Crippen molar-refractivity contribution >= 4 is 27.6 Å². The van der Waals surface area contributed by atoms with Crippen LogP contribution in [0.5, 0.6) is 0 Å². The average Bonchev–Trinajstić information content (AvgIpc) is 2.99. The van der Waals surface area contributed by atoms with Crippen LogP contribution < -0.4 is 10.9 Å². The van der Waals surface area contributed by atoms with Crippen molar-refractivity contribution in [3.63, 3.8) is 0 Å². The van der Waals surface area contributed by atoms with Crippen LogP contribution >= 0.6 is 11.8 Å². The van der Waals surface area contributed by atoms with E-state index in [2.05, 4.69) is 4.36 Å². The minimum absolute atomic E-state index is 0.103. The third-order valence-electron chi connectivity index (χ3n) is 4.97. The number of thioether (sulfide) groups is 1. The van der Waals surface area contributed by atoms with Gasteiger partial charge in [0.05, 0.1) is 12.1 Å². The van der Waals surface area contributed by atoms with E-state index in [1.807, 2.05) is 13.8 Å². The molecule has 31 heavy (non-hydrogen) atoms. The van der Waals surface area contributed by atoms with E-state index < -0.39 is 37.9 Å². The molecule has 1 aliphatic rings. The Hall–Kier alpha value is -1.53. The summed E-state index contributed by atoms with van der Waals surface area (Å²) in [4.78, 5) is 14.2. The lowest BCUT2D eigenvalue weighted by Crippen LogP contribution is -2.47. The standard InChI is InChI=1S/C20H30F2N4O3S2/c1-10(2)12-7-14(21)18(22)17(11(3)4)13(12)8-16(27)25-31(24,29)19-26(6)15(9-30-19)20(5,23)28/h7,9-11,19,28H,8,23H2,1-6H3,(H2,24,25,27,29)/t19?,20?,31-/m0/s1. The first-order chi connectivity index (χ1) is 14.1. The molecule has 7 nitrogen and oxygen atoms in total. The summed E-state index contributed by atoms with van der Waals surface area (Å²) in [6.45, 7) is 8.39. The van der Waals surface area contributed by atoms with Crippen LogP contribution in [0.3, 0.4) is 0 Å². The molecule has 0 saturated heterocycles. The molecule has 3 atom stereocenters. The summed E-state index contributed by atoms with van der Waals surface area (Å²) < 4.78 is 44.5. The topological polar surface area (TPSA) is 122 Å². The predicted octanol–water partition coefficient (Wildman–Crippen LogP) is 3.09. The Morgan fingerprint density at radius 3 is 2.39 bits per heavy atom. The van der Waals surface area contributed by atoms with Gasteiger partial charge in [-0.25, -0.2) is 18.1 Å². The zero-order valence-corrected chi connectivity index (χ0v) is 20.1. The molecule has 0 bridgehead atoms. The van der Waals surface area contributed by atoms with E-state index in [1.165, 1.54) is 24.3 Å². The van der Waals surface area contributed by atoms with Crippen molar-refractivity contribution in [3.8, 4) is 0 Å². The van der Waals surface area contributed by atoms with Gasteiger partial charge in [0.25, 0.3) is 5.91 Å². The fraction of sp³-hybridized carbons (Fsp3) is 0.550. The Kier molecular flexibility index (Phi) is 7.59. The lowest BCUT2D eigenvalue weighted by Gasteiger charge is -2.30. The number of aliphatic hydroxyl groups is 1. The summed E-state index contributed by atoms with van der Waals surface area (Å²) in [6.07, 6.45) is -0.359. The van der Waals surface area contributed by atoms with Crippen LogP contribution in [0.15, 0.2) is 21.5 Å². The average molecular weight is 477 g/mol. The number of carbonyl (C=O) groups is 1. The van der Waals surface area contributed by atoms with E-state index in [1.54, 1.807) is 13.8 Å². The van der Waals surface area contributed by atoms with Crippen LogP contribution in [-0.2, 0) is 21.1 Å². The Morgan fingerprint density at radius 1 is 1.35 bits per heavy atom. The van der Waals surface area contributed by atoms with Gasteiger partial charge in [0.15, 0.2) is 22.1 Å². The van der Waals surface area contributed by atoms with Crippen LogP contribution in [0.25, 0.3) is 0 Å². The van der Waals surface area contributed by atoms with Crippen LogP contribution in [0.4, 0.5) is 8.78 Å². The molecular formula is C20H30F2N4O3S2. The van der Waals surface area contributed by atoms with Crippen molar-refractivity contribution < 1.29 is 22.9 Å². The number of hydrogen-bond acceptors (Lipinski definition) is 6. The first-order valence-electron chi connectivity index (χ1n) is 9.75. The van der Waals surface area contributed by atoms with Crippen LogP contribution in [0, 0.1) is 11.6 Å². The molecule has 1 heterocycles. The van der Waals surface area contributed by atoms with Crippen molar-refractivity contribution in [2.45, 2.75) is 63.3 Å². The molecule has 0 aliphatic carbocycles. The lowest BCUT2D eigenvalue weighted by molar-refractivity contribution is -0.117. The van der Waals surface area contributed by atoms with Crippen LogP contribution in [0.1, 0.15) is 63.1 Å². The largest absolute Gasteiger partial charge is 0.371 e. The van der Waals surface area contributed by atoms with Gasteiger partial charge in [-0.1, -0.05) is 39.5 Å². The molecule has 1 aromatic rings. The van der Waals surface area contributed by atoms with Gasteiger partial charge in [0.1, 0.15) is 9.92 Å². The zero-order chi connectivity index (χ0) is 23.9. The fourth-order valence-corrected chi connectivity index (χ4v) is 6.52. The minimum Gasteiger partial charge on any atom is -0.371 e. The number of nitrogens with zero attached hydrogens (tertiary/aromatic N) is 2. The van der Waals surface area contributed by atoms with Gasteiger partial charge in [-0.2, -0.15) is 0 Å². The molecule has 0 saturated carbocycles. The maximum atomic E-state index is 14.5. The van der Waals surface area contributed by atoms with Gasteiger partial charge in [0, 0.05) is 7.05 Å². The van der Waals surface area contributed by atoms with Gasteiger partial charge in [-0.15, -0.1) is 4.36 Å². The molecule has 2 unspecified atom stereocenters. The van der Waals surface area contributed by atoms with Gasteiger partial charge < -0.3 is 10.0 Å². The maximum absolute atomic E-state index is 14.5. The third kappa shape index (κ3) is 5.46. The molecule has 174 valence electrons. The molecule has 1 aliphatic heterocycles. The number of likely N-dealkylation sites (N-methyl/N-ethyl adjacent to an activating group) is 1. The van der Waals surface area contributed by atoms with E-state index in [0.717, 1.165) is 17.8 Å². The molecule has 2 rings (SSSR count). The highest BCUT2D eigenvalue weighted by Crippen LogP contribution is 2.36. The number of amides is 1. The highest BCUT2D eigenvalue weighted by atomic mass is 32.3. The smallest absolute Gasteiger partial charge is 0.259 e. The number of hydrogen-bond donors (Lipinski definition) is 3. The Balaban J connectivity index is 2.43. The second-order valence-electron chi connectivity index (χ2n) is 8.44. The van der Waals surface area contributed by atoms with Gasteiger partial charge >= 0.3 is 0 Å². The predicted molar refractivity (Wildman–Crippen MR) is 120 cm³/mol. The second kappa shape index (κ2) is 9.14. The molecule has 1 aromatic carbocycles. The Morgan fingerprint density at radius 2 is 1.94 bits per heavy atom. The number of rotatable bonds is 6. The fourth-order valence-electron chi connectivity index (χ4n) is 3.60. The lowest BCUT2D eigenvalue weighted by atomic mass is 9.86. The van der Waals surface area contributed by atoms with E-state index in [9.17, 15) is 22.9 Å². The molecular weight excluding hydrogens is 446 g/mol. The van der Waals surface area contributed by atoms with Crippen molar-refractivity contribution in [1.29, 1.82) is 0 Å². The number of benzene rings is 1. The number of carbonyl (C=O) groups excluding carboxylic acids is 1. The third-order valence-corrected chi connectivity index (χ3v) is 8.43. The molecule has 0 spiro atoms. The summed E-state index contributed by atoms with van der Waals surface area (Å²) in [6, 6.07) is 1.09. The monoisotopic (exact) mass is 476 g/mol. The Labute approximate surface area is 186 Å². The van der Waals surface area contributed by atoms with Crippen LogP contribution in [-0.4, -0.2) is 37.6 Å². The maximum Gasteiger partial charge on any atom is 0.259 e. The normalized spacial score (nSPS) is 20.6. The molecule has 1 amide bonds. The van der Waals surface area contributed by atoms with Gasteiger partial charge in [0.2, 0.25) is 0 Å². The summed E-state index contributed by atoms with van der Waals surface area (Å²) >= 11 is 1.03. The van der Waals surface area contributed by atoms with Crippen molar-refractivity contribution in [2.75, 3.05) is 7.05 Å². The molecule has 11 heteroatoms. The SMILES string of the molecule is CC(C)c1cc(F)c(F)c(C(C)C)c1CC(=O)N=[S@](N)(=O)C1SC=C(C(C)(N)O)N1C. The molecule has 5 N–H and O–H groups in total. The van der Waals surface area contributed by atoms with E-state index in [0.29, 0.717) is 11.1 Å². The highest BCUT2D eigenvalue weighted by Gasteiger charge is 2.38. The second-order valence-corrected chi connectivity index (χ2v) is 11.6. The Bertz CT molecular complexity index is 1030. The summed E-state index contributed by atoms with van der Waals surface area (Å²) in [5.41, 5.74) is 5.23. The van der Waals surface area contributed by atoms with Crippen LogP contribution in [0.2, 0.25) is 0 Å². The molecule has 0 radical (unpaired) electrons. The summed E-state index contributed by atoms with van der Waals surface area (Å²) in [5.74, 6) is -3.33. The van der Waals surface area contributed by atoms with E-state index in [4.69, 9.17) is 10.9 Å². The van der Waals surface area contributed by atoms with Gasteiger partial charge in [-0.05, 0) is 46.9 Å². The minimum atomic E-state index is -3.58. The first-order valence-corrected chi connectivity index (χ1v) is 12.3. The zero-order valence-electron chi connectivity index (χ0n) is 18.5. The molecule has 0 fully saturated rings. The van der Waals surface area contributed by atoms with Crippen molar-refractivity contribution in [2.24, 2.45) is 15.2 Å². The highest BCUT2D eigenvalue weighted by molar-refractivity contribution is 8.15. The molecule has 0 aromatic heterocycles. The summed E-state index contributed by atoms with van der Waals surface area (Å²) in [7, 11) is -2.04.